The van der Waals surface area contributed by atoms with Crippen molar-refractivity contribution < 1.29 is 0 Å². The van der Waals surface area contributed by atoms with Crippen molar-refractivity contribution in [3.8, 4) is 0 Å². The number of aromatic nitrogens is 2. The van der Waals surface area contributed by atoms with Crippen molar-refractivity contribution in [1.82, 2.24) is 14.9 Å². The molecule has 2 aromatic carbocycles. The zero-order valence-corrected chi connectivity index (χ0v) is 16.9. The molecule has 29 heavy (non-hydrogen) atoms. The van der Waals surface area contributed by atoms with Crippen LogP contribution in [0.4, 0.5) is 11.5 Å². The minimum Gasteiger partial charge on any atom is -0.383 e. The first-order valence-corrected chi connectivity index (χ1v) is 9.68. The lowest BCUT2D eigenvalue weighted by atomic mass is 10.2. The van der Waals surface area contributed by atoms with Gasteiger partial charge < -0.3 is 16.0 Å². The van der Waals surface area contributed by atoms with Gasteiger partial charge in [0.2, 0.25) is 0 Å². The third kappa shape index (κ3) is 4.72. The van der Waals surface area contributed by atoms with Crippen LogP contribution >= 0.6 is 12.2 Å². The molecule has 3 aromatic rings. The number of nitrogens with two attached hydrogens (primary N) is 1. The van der Waals surface area contributed by atoms with E-state index >= 15 is 0 Å². The first-order chi connectivity index (χ1) is 14.0. The van der Waals surface area contributed by atoms with Crippen molar-refractivity contribution in [1.29, 1.82) is 0 Å². The predicted molar refractivity (Wildman–Crippen MR) is 120 cm³/mol. The van der Waals surface area contributed by atoms with Crippen molar-refractivity contribution in [2.75, 3.05) is 17.2 Å². The maximum atomic E-state index is 12.7. The number of rotatable bonds is 6. The molecule has 150 valence electrons. The van der Waals surface area contributed by atoms with Crippen LogP contribution < -0.4 is 27.2 Å². The lowest BCUT2D eigenvalue weighted by Gasteiger charge is -2.27. The number of nitrogens with one attached hydrogen (secondary N) is 2. The molecular formula is C21H23N5O2S. The number of thiocarbonyl (C=S) groups is 1. The minimum atomic E-state index is -0.576. The Hall–Kier alpha value is -3.39. The molecule has 0 bridgehead atoms. The summed E-state index contributed by atoms with van der Waals surface area (Å²) < 4.78 is 1.35. The Morgan fingerprint density at radius 1 is 1.07 bits per heavy atom. The lowest BCUT2D eigenvalue weighted by Crippen LogP contribution is -2.45. The topological polar surface area (TPSA) is 96.2 Å². The quantitative estimate of drug-likeness (QED) is 0.540. The first kappa shape index (κ1) is 20.3. The average Bonchev–Trinajstić information content (AvgIpc) is 2.72. The molecule has 0 spiro atoms. The van der Waals surface area contributed by atoms with Gasteiger partial charge in [0.25, 0.3) is 5.56 Å². The molecule has 0 radical (unpaired) electrons. The molecule has 8 heteroatoms. The second kappa shape index (κ2) is 9.20. The molecule has 1 aromatic heterocycles. The highest BCUT2D eigenvalue weighted by atomic mass is 32.1. The van der Waals surface area contributed by atoms with Gasteiger partial charge in [0, 0.05) is 6.54 Å². The summed E-state index contributed by atoms with van der Waals surface area (Å²) in [5.74, 6) is 0.0683. The Labute approximate surface area is 173 Å². The Morgan fingerprint density at radius 3 is 2.24 bits per heavy atom. The van der Waals surface area contributed by atoms with Gasteiger partial charge in [-0.05, 0) is 30.3 Å². The average molecular weight is 410 g/mol. The fourth-order valence-corrected chi connectivity index (χ4v) is 3.33. The summed E-state index contributed by atoms with van der Waals surface area (Å²) in [5, 5.41) is 3.42. The molecule has 7 nitrogen and oxygen atoms in total. The minimum absolute atomic E-state index is 0.0683. The summed E-state index contributed by atoms with van der Waals surface area (Å²) in [4.78, 5) is 29.2. The van der Waals surface area contributed by atoms with Crippen LogP contribution in [0.25, 0.3) is 0 Å². The maximum Gasteiger partial charge on any atom is 0.330 e. The van der Waals surface area contributed by atoms with Gasteiger partial charge in [0.15, 0.2) is 10.8 Å². The number of benzene rings is 2. The Balaban J connectivity index is 2.09. The number of nitrogen functional groups attached to an aromatic ring is 1. The molecule has 0 aliphatic carbocycles. The SMILES string of the molecule is CCNC(=S)N(Cc1ccccc1)c1c(N)n(Cc2ccccc2)c(=O)[nH]c1=O. The van der Waals surface area contributed by atoms with Crippen LogP contribution in [0.3, 0.4) is 0 Å². The van der Waals surface area contributed by atoms with Gasteiger partial charge in [0.05, 0.1) is 13.1 Å². The summed E-state index contributed by atoms with van der Waals surface area (Å²) >= 11 is 5.50. The highest BCUT2D eigenvalue weighted by Crippen LogP contribution is 2.20. The van der Waals surface area contributed by atoms with Crippen molar-refractivity contribution >= 4 is 28.8 Å². The zero-order chi connectivity index (χ0) is 20.8. The van der Waals surface area contributed by atoms with Crippen LogP contribution in [0.15, 0.2) is 70.3 Å². The molecule has 1 heterocycles. The molecule has 0 aliphatic rings. The molecule has 0 amide bonds. The molecule has 0 unspecified atom stereocenters. The lowest BCUT2D eigenvalue weighted by molar-refractivity contribution is 0.728. The van der Waals surface area contributed by atoms with Crippen LogP contribution in [0.1, 0.15) is 18.1 Å². The van der Waals surface area contributed by atoms with E-state index in [1.807, 2.05) is 67.6 Å². The smallest absolute Gasteiger partial charge is 0.330 e. The summed E-state index contributed by atoms with van der Waals surface area (Å²) in [7, 11) is 0. The van der Waals surface area contributed by atoms with E-state index in [4.69, 9.17) is 18.0 Å². The van der Waals surface area contributed by atoms with Gasteiger partial charge in [-0.15, -0.1) is 0 Å². The standard InChI is InChI=1S/C21H23N5O2S/c1-2-23-21(29)25(13-15-9-5-3-6-10-15)17-18(22)26(20(28)24-19(17)27)14-16-11-7-4-8-12-16/h3-12H,2,13-14,22H2,1H3,(H,23,29)(H,24,27,28). The molecule has 0 saturated carbocycles. The molecular weight excluding hydrogens is 386 g/mol. The largest absolute Gasteiger partial charge is 0.383 e. The third-order valence-corrected chi connectivity index (χ3v) is 4.79. The second-order valence-electron chi connectivity index (χ2n) is 6.47. The van der Waals surface area contributed by atoms with Crippen molar-refractivity contribution in [3.63, 3.8) is 0 Å². The number of anilines is 2. The van der Waals surface area contributed by atoms with Crippen molar-refractivity contribution in [2.45, 2.75) is 20.0 Å². The Kier molecular flexibility index (Phi) is 6.46. The Bertz CT molecular complexity index is 1090. The van der Waals surface area contributed by atoms with Crippen molar-refractivity contribution in [2.24, 2.45) is 0 Å². The van der Waals surface area contributed by atoms with Crippen LogP contribution in [0.5, 0.6) is 0 Å². The van der Waals surface area contributed by atoms with E-state index in [9.17, 15) is 9.59 Å². The fraction of sp³-hybridized carbons (Fsp3) is 0.190. The van der Waals surface area contributed by atoms with Crippen LogP contribution in [0.2, 0.25) is 0 Å². The van der Waals surface area contributed by atoms with Crippen LogP contribution in [0, 0.1) is 0 Å². The number of nitrogens with zero attached hydrogens (tertiary/aromatic N) is 2. The summed E-state index contributed by atoms with van der Waals surface area (Å²) in [6.45, 7) is 3.08. The highest BCUT2D eigenvalue weighted by molar-refractivity contribution is 7.80. The predicted octanol–water partition coefficient (Wildman–Crippen LogP) is 2.07. The Morgan fingerprint density at radius 2 is 1.66 bits per heavy atom. The van der Waals surface area contributed by atoms with Gasteiger partial charge in [-0.1, -0.05) is 60.7 Å². The molecule has 0 saturated heterocycles. The number of H-pyrrole nitrogens is 1. The zero-order valence-electron chi connectivity index (χ0n) is 16.1. The summed E-state index contributed by atoms with van der Waals surface area (Å²) in [5.41, 5.74) is 7.19. The van der Waals surface area contributed by atoms with E-state index in [0.29, 0.717) is 18.2 Å². The van der Waals surface area contributed by atoms with E-state index < -0.39 is 11.2 Å². The monoisotopic (exact) mass is 409 g/mol. The first-order valence-electron chi connectivity index (χ1n) is 9.27. The maximum absolute atomic E-state index is 12.7. The van der Waals surface area contributed by atoms with E-state index in [0.717, 1.165) is 11.1 Å². The normalized spacial score (nSPS) is 10.5. The van der Waals surface area contributed by atoms with E-state index in [1.54, 1.807) is 4.90 Å². The number of hydrogen-bond donors (Lipinski definition) is 3. The highest BCUT2D eigenvalue weighted by Gasteiger charge is 2.22. The molecule has 4 N–H and O–H groups in total. The third-order valence-electron chi connectivity index (χ3n) is 4.42. The molecule has 0 atom stereocenters. The summed E-state index contributed by atoms with van der Waals surface area (Å²) in [6.07, 6.45) is 0. The molecule has 0 aliphatic heterocycles. The van der Waals surface area contributed by atoms with E-state index in [-0.39, 0.29) is 18.1 Å². The van der Waals surface area contributed by atoms with E-state index in [2.05, 4.69) is 10.3 Å². The van der Waals surface area contributed by atoms with E-state index in [1.165, 1.54) is 4.57 Å². The summed E-state index contributed by atoms with van der Waals surface area (Å²) in [6, 6.07) is 19.0. The number of aromatic amines is 1. The molecule has 0 fully saturated rings. The fourth-order valence-electron chi connectivity index (χ4n) is 3.03. The second-order valence-corrected chi connectivity index (χ2v) is 6.86. The molecule has 3 rings (SSSR count). The van der Waals surface area contributed by atoms with Crippen LogP contribution in [-0.4, -0.2) is 21.2 Å². The van der Waals surface area contributed by atoms with Gasteiger partial charge in [-0.2, -0.15) is 0 Å². The van der Waals surface area contributed by atoms with Crippen LogP contribution in [-0.2, 0) is 13.1 Å². The number of hydrogen-bond acceptors (Lipinski definition) is 4. The van der Waals surface area contributed by atoms with Gasteiger partial charge >= 0.3 is 5.69 Å². The van der Waals surface area contributed by atoms with Gasteiger partial charge in [0.1, 0.15) is 5.82 Å². The van der Waals surface area contributed by atoms with Gasteiger partial charge in [-0.3, -0.25) is 14.3 Å². The van der Waals surface area contributed by atoms with Crippen molar-refractivity contribution in [3.05, 3.63) is 92.6 Å². The van der Waals surface area contributed by atoms with Gasteiger partial charge in [-0.25, -0.2) is 4.79 Å².